The van der Waals surface area contributed by atoms with Gasteiger partial charge in [0, 0.05) is 12.6 Å². The van der Waals surface area contributed by atoms with Crippen LogP contribution in [0.2, 0.25) is 0 Å². The molecule has 0 amide bonds. The van der Waals surface area contributed by atoms with E-state index in [0.717, 1.165) is 17.8 Å². The van der Waals surface area contributed by atoms with Crippen molar-refractivity contribution < 1.29 is 0 Å². The first-order chi connectivity index (χ1) is 6.50. The van der Waals surface area contributed by atoms with Crippen molar-refractivity contribution in [1.82, 2.24) is 10.9 Å². The summed E-state index contributed by atoms with van der Waals surface area (Å²) in [6, 6.07) is 0.707. The highest BCUT2D eigenvalue weighted by molar-refractivity contribution is 4.98. The lowest BCUT2D eigenvalue weighted by Gasteiger charge is -2.45. The summed E-state index contributed by atoms with van der Waals surface area (Å²) < 4.78 is 0. The number of fused-ring (bicyclic) bond motifs is 1. The number of nitrogens with one attached hydrogen (secondary N) is 2. The lowest BCUT2D eigenvalue weighted by Crippen LogP contribution is -2.49. The molecule has 4 atom stereocenters. The van der Waals surface area contributed by atoms with Crippen LogP contribution < -0.4 is 10.9 Å². The van der Waals surface area contributed by atoms with Crippen LogP contribution in [0.25, 0.3) is 0 Å². The molecule has 14 heavy (non-hydrogen) atoms. The predicted octanol–water partition coefficient (Wildman–Crippen LogP) is 2.17. The zero-order chi connectivity index (χ0) is 10.3. The molecule has 0 aromatic rings. The molecular formula is C12H24N2. The molecule has 82 valence electrons. The highest BCUT2D eigenvalue weighted by atomic mass is 15.4. The Morgan fingerprint density at radius 2 is 1.86 bits per heavy atom. The molecule has 0 bridgehead atoms. The van der Waals surface area contributed by atoms with E-state index in [-0.39, 0.29) is 0 Å². The minimum Gasteiger partial charge on any atom is -0.257 e. The molecule has 0 aromatic heterocycles. The van der Waals surface area contributed by atoms with Crippen LogP contribution in [0.4, 0.5) is 0 Å². The zero-order valence-electron chi connectivity index (χ0n) is 9.93. The van der Waals surface area contributed by atoms with Gasteiger partial charge in [-0.1, -0.05) is 27.7 Å². The summed E-state index contributed by atoms with van der Waals surface area (Å²) in [6.45, 7) is 10.7. The Bertz CT molecular complexity index is 207. The van der Waals surface area contributed by atoms with Crippen LogP contribution in [-0.2, 0) is 0 Å². The lowest BCUT2D eigenvalue weighted by molar-refractivity contribution is 0.0640. The molecule has 2 aliphatic rings. The van der Waals surface area contributed by atoms with E-state index in [9.17, 15) is 0 Å². The SMILES string of the molecule is CC1CCC2CNNC2C1C(C)(C)C. The van der Waals surface area contributed by atoms with Crippen molar-refractivity contribution in [3.8, 4) is 0 Å². The van der Waals surface area contributed by atoms with Crippen LogP contribution in [0.5, 0.6) is 0 Å². The molecule has 0 spiro atoms. The standard InChI is InChI=1S/C12H24N2/c1-8-5-6-9-7-13-14-11(9)10(8)12(2,3)4/h8-11,13-14H,5-7H2,1-4H3. The average Bonchev–Trinajstić information content (AvgIpc) is 2.48. The van der Waals surface area contributed by atoms with E-state index >= 15 is 0 Å². The maximum absolute atomic E-state index is 3.50. The first-order valence-electron chi connectivity index (χ1n) is 5.98. The van der Waals surface area contributed by atoms with Gasteiger partial charge in [0.25, 0.3) is 0 Å². The van der Waals surface area contributed by atoms with Gasteiger partial charge in [-0.3, -0.25) is 10.9 Å². The molecule has 1 saturated carbocycles. The minimum atomic E-state index is 0.432. The molecule has 2 nitrogen and oxygen atoms in total. The van der Waals surface area contributed by atoms with E-state index in [1.54, 1.807) is 0 Å². The Morgan fingerprint density at radius 1 is 1.14 bits per heavy atom. The Balaban J connectivity index is 2.18. The van der Waals surface area contributed by atoms with Crippen molar-refractivity contribution in [2.24, 2.45) is 23.2 Å². The summed E-state index contributed by atoms with van der Waals surface area (Å²) in [7, 11) is 0. The van der Waals surface area contributed by atoms with Crippen LogP contribution in [0.1, 0.15) is 40.5 Å². The van der Waals surface area contributed by atoms with Crippen LogP contribution in [0.15, 0.2) is 0 Å². The van der Waals surface area contributed by atoms with Gasteiger partial charge in [0.2, 0.25) is 0 Å². The highest BCUT2D eigenvalue weighted by Gasteiger charge is 2.45. The lowest BCUT2D eigenvalue weighted by atomic mass is 9.62. The van der Waals surface area contributed by atoms with Gasteiger partial charge in [-0.25, -0.2) is 0 Å². The summed E-state index contributed by atoms with van der Waals surface area (Å²) in [5.74, 6) is 2.55. The van der Waals surface area contributed by atoms with Gasteiger partial charge in [0.15, 0.2) is 0 Å². The quantitative estimate of drug-likeness (QED) is 0.620. The molecule has 1 saturated heterocycles. The third-order valence-corrected chi connectivity index (χ3v) is 4.13. The molecule has 2 fully saturated rings. The first kappa shape index (κ1) is 10.4. The molecule has 1 aliphatic heterocycles. The van der Waals surface area contributed by atoms with Crippen molar-refractivity contribution in [1.29, 1.82) is 0 Å². The Labute approximate surface area is 87.8 Å². The third-order valence-electron chi connectivity index (χ3n) is 4.13. The van der Waals surface area contributed by atoms with Gasteiger partial charge in [0.05, 0.1) is 0 Å². The molecule has 2 heteroatoms. The van der Waals surface area contributed by atoms with E-state index in [4.69, 9.17) is 0 Å². The Morgan fingerprint density at radius 3 is 2.50 bits per heavy atom. The number of rotatable bonds is 0. The fraction of sp³-hybridized carbons (Fsp3) is 1.00. The molecule has 0 radical (unpaired) electrons. The third kappa shape index (κ3) is 1.70. The number of hydrogen-bond donors (Lipinski definition) is 2. The fourth-order valence-electron chi connectivity index (χ4n) is 3.62. The summed E-state index contributed by atoms with van der Waals surface area (Å²) >= 11 is 0. The maximum atomic E-state index is 3.50. The molecule has 1 aliphatic carbocycles. The summed E-state index contributed by atoms with van der Waals surface area (Å²) in [6.07, 6.45) is 2.81. The van der Waals surface area contributed by atoms with Crippen LogP contribution in [0.3, 0.4) is 0 Å². The first-order valence-corrected chi connectivity index (χ1v) is 5.98. The molecule has 0 aromatic carbocycles. The van der Waals surface area contributed by atoms with Gasteiger partial charge in [-0.15, -0.1) is 0 Å². The number of hydrazine groups is 1. The van der Waals surface area contributed by atoms with E-state index in [0.29, 0.717) is 11.5 Å². The summed E-state index contributed by atoms with van der Waals surface area (Å²) in [5.41, 5.74) is 7.26. The summed E-state index contributed by atoms with van der Waals surface area (Å²) in [5, 5.41) is 0. The molecule has 1 heterocycles. The second kappa shape index (κ2) is 3.49. The van der Waals surface area contributed by atoms with Crippen molar-refractivity contribution in [2.75, 3.05) is 6.54 Å². The molecule has 4 unspecified atom stereocenters. The van der Waals surface area contributed by atoms with E-state index < -0.39 is 0 Å². The Hall–Kier alpha value is -0.0800. The predicted molar refractivity (Wildman–Crippen MR) is 59.8 cm³/mol. The average molecular weight is 196 g/mol. The van der Waals surface area contributed by atoms with Gasteiger partial charge < -0.3 is 0 Å². The number of hydrogen-bond acceptors (Lipinski definition) is 2. The second-order valence-corrected chi connectivity index (χ2v) is 6.26. The molecule has 2 rings (SSSR count). The highest BCUT2D eigenvalue weighted by Crippen LogP contribution is 2.44. The Kier molecular flexibility index (Phi) is 2.61. The van der Waals surface area contributed by atoms with Gasteiger partial charge in [-0.05, 0) is 36.0 Å². The molecule has 2 N–H and O–H groups in total. The minimum absolute atomic E-state index is 0.432. The van der Waals surface area contributed by atoms with Crippen LogP contribution in [0, 0.1) is 23.2 Å². The van der Waals surface area contributed by atoms with E-state index in [2.05, 4.69) is 38.5 Å². The van der Waals surface area contributed by atoms with Crippen LogP contribution in [-0.4, -0.2) is 12.6 Å². The zero-order valence-corrected chi connectivity index (χ0v) is 9.93. The smallest absolute Gasteiger partial charge is 0.0289 e. The van der Waals surface area contributed by atoms with Crippen molar-refractivity contribution in [3.63, 3.8) is 0 Å². The van der Waals surface area contributed by atoms with Gasteiger partial charge in [0.1, 0.15) is 0 Å². The molecular weight excluding hydrogens is 172 g/mol. The van der Waals surface area contributed by atoms with Gasteiger partial charge in [-0.2, -0.15) is 0 Å². The topological polar surface area (TPSA) is 24.1 Å². The van der Waals surface area contributed by atoms with Crippen molar-refractivity contribution in [2.45, 2.75) is 46.6 Å². The van der Waals surface area contributed by atoms with Crippen LogP contribution >= 0.6 is 0 Å². The van der Waals surface area contributed by atoms with Crippen molar-refractivity contribution in [3.05, 3.63) is 0 Å². The van der Waals surface area contributed by atoms with Gasteiger partial charge >= 0.3 is 0 Å². The van der Waals surface area contributed by atoms with Crippen molar-refractivity contribution >= 4 is 0 Å². The largest absolute Gasteiger partial charge is 0.257 e. The fourth-order valence-corrected chi connectivity index (χ4v) is 3.62. The summed E-state index contributed by atoms with van der Waals surface area (Å²) in [4.78, 5) is 0. The maximum Gasteiger partial charge on any atom is 0.0289 e. The monoisotopic (exact) mass is 196 g/mol. The normalized spacial score (nSPS) is 43.7. The van der Waals surface area contributed by atoms with E-state index in [1.165, 1.54) is 19.4 Å². The van der Waals surface area contributed by atoms with E-state index in [1.807, 2.05) is 0 Å². The second-order valence-electron chi connectivity index (χ2n) is 6.26.